The number of rotatable bonds is 8. The molecule has 1 heterocycles. The highest BCUT2D eigenvalue weighted by molar-refractivity contribution is 6.31. The van der Waals surface area contributed by atoms with Crippen LogP contribution < -0.4 is 20.3 Å². The molecule has 3 N–H and O–H groups in total. The van der Waals surface area contributed by atoms with Gasteiger partial charge in [0, 0.05) is 24.4 Å². The van der Waals surface area contributed by atoms with Crippen LogP contribution >= 0.6 is 0 Å². The van der Waals surface area contributed by atoms with E-state index in [1.807, 2.05) is 43.3 Å². The summed E-state index contributed by atoms with van der Waals surface area (Å²) in [6.45, 7) is 5.86. The zero-order valence-electron chi connectivity index (χ0n) is 23.9. The smallest absolute Gasteiger partial charge is 0.259 e. The Morgan fingerprint density at radius 2 is 1.93 bits per heavy atom. The molecule has 3 aliphatic rings. The molecule has 0 aromatic heterocycles. The van der Waals surface area contributed by atoms with Crippen LogP contribution in [0.1, 0.15) is 53.7 Å². The first-order valence-electron chi connectivity index (χ1n) is 13.9. The fourth-order valence-electron chi connectivity index (χ4n) is 5.77. The van der Waals surface area contributed by atoms with Gasteiger partial charge in [0.1, 0.15) is 28.2 Å². The largest absolute Gasteiger partial charge is 0.507 e. The number of ether oxygens (including phenoxy) is 2. The molecule has 3 aromatic carbocycles. The molecule has 216 valence electrons. The topological polar surface area (TPSA) is 123 Å². The molecule has 0 radical (unpaired) electrons. The fourth-order valence-corrected chi connectivity index (χ4v) is 5.77. The van der Waals surface area contributed by atoms with E-state index in [0.29, 0.717) is 12.5 Å². The summed E-state index contributed by atoms with van der Waals surface area (Å²) in [7, 11) is 1.38. The summed E-state index contributed by atoms with van der Waals surface area (Å²) in [4.78, 5) is 46.4. The Bertz CT molecular complexity index is 1730. The maximum atomic E-state index is 14.0. The van der Waals surface area contributed by atoms with Gasteiger partial charge in [-0.25, -0.2) is 0 Å². The SMILES string of the molecule is COc1cc(O)c2c(c1C(=O)NCc1c(C)ccc3ccccc13)OC1=CC(=O)C(=C(C)NOCC3CC3)C(=O)[C@]12C. The first-order valence-corrected chi connectivity index (χ1v) is 13.9. The van der Waals surface area contributed by atoms with Gasteiger partial charge in [0.2, 0.25) is 0 Å². The van der Waals surface area contributed by atoms with Gasteiger partial charge in [0.15, 0.2) is 17.3 Å². The number of fused-ring (bicyclic) bond motifs is 4. The van der Waals surface area contributed by atoms with Crippen LogP contribution in [0, 0.1) is 12.8 Å². The first-order chi connectivity index (χ1) is 20.1. The number of nitrogens with one attached hydrogen (secondary N) is 2. The number of ketones is 2. The van der Waals surface area contributed by atoms with Crippen molar-refractivity contribution < 1.29 is 33.8 Å². The molecular formula is C33H32N2O7. The van der Waals surface area contributed by atoms with Crippen molar-refractivity contribution >= 4 is 28.2 Å². The van der Waals surface area contributed by atoms with Gasteiger partial charge < -0.3 is 19.9 Å². The van der Waals surface area contributed by atoms with E-state index in [2.05, 4.69) is 10.8 Å². The number of hydrogen-bond acceptors (Lipinski definition) is 8. The van der Waals surface area contributed by atoms with E-state index in [-0.39, 0.29) is 51.9 Å². The molecule has 2 aliphatic carbocycles. The number of phenols is 1. The predicted octanol–water partition coefficient (Wildman–Crippen LogP) is 4.68. The van der Waals surface area contributed by atoms with Crippen LogP contribution in [0.15, 0.2) is 65.6 Å². The van der Waals surface area contributed by atoms with Crippen molar-refractivity contribution in [1.82, 2.24) is 10.8 Å². The van der Waals surface area contributed by atoms with Crippen molar-refractivity contribution in [2.45, 2.75) is 45.6 Å². The minimum atomic E-state index is -1.55. The second kappa shape index (κ2) is 10.3. The van der Waals surface area contributed by atoms with E-state index in [0.717, 1.165) is 34.7 Å². The molecule has 0 bridgehead atoms. The van der Waals surface area contributed by atoms with Crippen molar-refractivity contribution in [3.05, 3.63) is 87.8 Å². The second-order valence-corrected chi connectivity index (χ2v) is 11.2. The number of amides is 1. The normalized spacial score (nSPS) is 20.4. The number of aromatic hydroxyl groups is 1. The maximum absolute atomic E-state index is 14.0. The van der Waals surface area contributed by atoms with E-state index >= 15 is 0 Å². The van der Waals surface area contributed by atoms with E-state index in [4.69, 9.17) is 14.3 Å². The highest BCUT2D eigenvalue weighted by Crippen LogP contribution is 2.56. The average Bonchev–Trinajstić information content (AvgIpc) is 3.74. The van der Waals surface area contributed by atoms with E-state index in [1.54, 1.807) is 13.8 Å². The molecule has 1 amide bonds. The Labute approximate surface area is 243 Å². The zero-order valence-corrected chi connectivity index (χ0v) is 23.9. The number of Topliss-reactive ketones (excluding diaryl/α,β-unsaturated/α-hetero) is 1. The molecule has 1 fully saturated rings. The molecule has 1 atom stereocenters. The monoisotopic (exact) mass is 568 g/mol. The number of hydrogen-bond donors (Lipinski definition) is 3. The van der Waals surface area contributed by atoms with Crippen LogP contribution in [0.25, 0.3) is 10.8 Å². The van der Waals surface area contributed by atoms with Gasteiger partial charge in [-0.1, -0.05) is 36.4 Å². The summed E-state index contributed by atoms with van der Waals surface area (Å²) < 4.78 is 11.5. The quantitative estimate of drug-likeness (QED) is 0.203. The second-order valence-electron chi connectivity index (χ2n) is 11.2. The van der Waals surface area contributed by atoms with Gasteiger partial charge >= 0.3 is 0 Å². The van der Waals surface area contributed by atoms with Crippen LogP contribution in [0.3, 0.4) is 0 Å². The highest BCUT2D eigenvalue weighted by Gasteiger charge is 2.56. The summed E-state index contributed by atoms with van der Waals surface area (Å²) in [5, 5.41) is 16.2. The number of hydroxylamine groups is 1. The summed E-state index contributed by atoms with van der Waals surface area (Å²) in [5.41, 5.74) is 3.47. The van der Waals surface area contributed by atoms with Crippen molar-refractivity contribution in [3.63, 3.8) is 0 Å². The van der Waals surface area contributed by atoms with Crippen molar-refractivity contribution in [2.24, 2.45) is 5.92 Å². The number of carbonyl (C=O) groups excluding carboxylic acids is 3. The van der Waals surface area contributed by atoms with E-state index < -0.39 is 22.9 Å². The summed E-state index contributed by atoms with van der Waals surface area (Å²) in [6.07, 6.45) is 3.41. The van der Waals surface area contributed by atoms with Gasteiger partial charge in [-0.05, 0) is 61.4 Å². The molecule has 0 unspecified atom stereocenters. The number of methoxy groups -OCH3 is 1. The van der Waals surface area contributed by atoms with Crippen molar-refractivity contribution in [2.75, 3.05) is 13.7 Å². The van der Waals surface area contributed by atoms with Gasteiger partial charge in [-0.3, -0.25) is 24.7 Å². The summed E-state index contributed by atoms with van der Waals surface area (Å²) in [5.74, 6) is -1.36. The van der Waals surface area contributed by atoms with Crippen LogP contribution in [0.5, 0.6) is 17.2 Å². The minimum absolute atomic E-state index is 0.0214. The predicted molar refractivity (Wildman–Crippen MR) is 155 cm³/mol. The summed E-state index contributed by atoms with van der Waals surface area (Å²) in [6, 6.07) is 13.3. The number of aryl methyl sites for hydroxylation is 1. The molecule has 1 saturated carbocycles. The molecule has 3 aromatic rings. The lowest BCUT2D eigenvalue weighted by molar-refractivity contribution is -0.123. The molecule has 9 heteroatoms. The first kappa shape index (κ1) is 27.5. The Balaban J connectivity index is 1.37. The van der Waals surface area contributed by atoms with Gasteiger partial charge in [-0.15, -0.1) is 0 Å². The minimum Gasteiger partial charge on any atom is -0.507 e. The zero-order chi connectivity index (χ0) is 29.8. The van der Waals surface area contributed by atoms with E-state index in [1.165, 1.54) is 19.3 Å². The number of benzene rings is 3. The Morgan fingerprint density at radius 1 is 1.17 bits per heavy atom. The Hall–Kier alpha value is -4.63. The van der Waals surface area contributed by atoms with Crippen LogP contribution in [-0.2, 0) is 26.4 Å². The average molecular weight is 569 g/mol. The summed E-state index contributed by atoms with van der Waals surface area (Å²) >= 11 is 0. The van der Waals surface area contributed by atoms with Crippen molar-refractivity contribution in [1.29, 1.82) is 0 Å². The molecular weight excluding hydrogens is 536 g/mol. The Morgan fingerprint density at radius 3 is 2.67 bits per heavy atom. The lowest BCUT2D eigenvalue weighted by Crippen LogP contribution is -2.41. The molecule has 0 saturated heterocycles. The molecule has 6 rings (SSSR count). The van der Waals surface area contributed by atoms with E-state index in [9.17, 15) is 19.5 Å². The number of phenolic OH excluding ortho intramolecular Hbond substituents is 1. The molecule has 1 aliphatic heterocycles. The third-order valence-corrected chi connectivity index (χ3v) is 8.38. The number of allylic oxidation sites excluding steroid dienone is 4. The maximum Gasteiger partial charge on any atom is 0.259 e. The number of carbonyl (C=O) groups is 3. The fraction of sp³-hybridized carbons (Fsp3) is 0.303. The molecule has 42 heavy (non-hydrogen) atoms. The highest BCUT2D eigenvalue weighted by atomic mass is 16.6. The third kappa shape index (κ3) is 4.41. The standard InChI is InChI=1S/C33H32N2O7/c1-17-9-12-20-7-5-6-8-21(20)22(17)15-34-32(39)28-25(40-4)13-24(37)29-30(28)42-26-14-23(36)27(31(38)33(26,29)3)18(2)35-41-16-19-10-11-19/h5-9,12-14,19,35,37H,10-11,15-16H2,1-4H3,(H,34,39)/t33-/m1/s1. The Kier molecular flexibility index (Phi) is 6.77. The lowest BCUT2D eigenvalue weighted by atomic mass is 9.70. The van der Waals surface area contributed by atoms with Crippen LogP contribution in [-0.4, -0.2) is 36.3 Å². The van der Waals surface area contributed by atoms with Gasteiger partial charge in [-0.2, -0.15) is 0 Å². The van der Waals surface area contributed by atoms with Crippen LogP contribution in [0.4, 0.5) is 0 Å². The van der Waals surface area contributed by atoms with Crippen LogP contribution in [0.2, 0.25) is 0 Å². The lowest BCUT2D eigenvalue weighted by Gasteiger charge is -2.28. The van der Waals surface area contributed by atoms with Gasteiger partial charge in [0.25, 0.3) is 5.91 Å². The molecule has 0 spiro atoms. The molecule has 9 nitrogen and oxygen atoms in total. The third-order valence-electron chi connectivity index (χ3n) is 8.38. The van der Waals surface area contributed by atoms with Gasteiger partial charge in [0.05, 0.1) is 24.9 Å². The van der Waals surface area contributed by atoms with Crippen molar-refractivity contribution in [3.8, 4) is 17.2 Å².